The van der Waals surface area contributed by atoms with Gasteiger partial charge in [0.05, 0.1) is 17.4 Å². The quantitative estimate of drug-likeness (QED) is 0.300. The van der Waals surface area contributed by atoms with E-state index in [2.05, 4.69) is 25.4 Å². The van der Waals surface area contributed by atoms with Crippen LogP contribution in [-0.2, 0) is 22.7 Å². The molecule has 0 aliphatic carbocycles. The first kappa shape index (κ1) is 27.1. The highest BCUT2D eigenvalue weighted by molar-refractivity contribution is 6.05. The Bertz CT molecular complexity index is 1690. The predicted molar refractivity (Wildman–Crippen MR) is 156 cm³/mol. The Morgan fingerprint density at radius 3 is 2.74 bits per heavy atom. The van der Waals surface area contributed by atoms with Crippen LogP contribution in [0.5, 0.6) is 17.2 Å². The molecule has 0 saturated carbocycles. The summed E-state index contributed by atoms with van der Waals surface area (Å²) in [5, 5.41) is 11.1. The average Bonchev–Trinajstić information content (AvgIpc) is 3.57. The average molecular weight is 581 g/mol. The summed E-state index contributed by atoms with van der Waals surface area (Å²) in [5.74, 6) is 1.22. The number of carbonyl (C=O) groups excluding carboxylic acids is 3. The largest absolute Gasteiger partial charge is 0.492 e. The molecule has 7 rings (SSSR count). The first-order valence-electron chi connectivity index (χ1n) is 14.7. The number of ether oxygens (including phenoxy) is 2. The highest BCUT2D eigenvalue weighted by atomic mass is 16.5. The zero-order valence-electron chi connectivity index (χ0n) is 23.6. The van der Waals surface area contributed by atoms with Crippen LogP contribution < -0.4 is 14.8 Å². The number of rotatable bonds is 8. The number of hydrogen-bond acceptors (Lipinski definition) is 8. The lowest BCUT2D eigenvalue weighted by Gasteiger charge is -2.35. The fourth-order valence-corrected chi connectivity index (χ4v) is 6.26. The number of H-pyrrole nitrogens is 1. The Kier molecular flexibility index (Phi) is 7.23. The molecule has 0 spiro atoms. The Balaban J connectivity index is 1.01. The second-order valence-electron chi connectivity index (χ2n) is 11.3. The molecule has 4 aromatic rings. The lowest BCUT2D eigenvalue weighted by molar-refractivity contribution is -0.136. The zero-order chi connectivity index (χ0) is 29.3. The zero-order valence-corrected chi connectivity index (χ0v) is 23.6. The van der Waals surface area contributed by atoms with E-state index in [-0.39, 0.29) is 24.3 Å². The number of pyridine rings is 1. The maximum absolute atomic E-state index is 13.0. The van der Waals surface area contributed by atoms with E-state index >= 15 is 0 Å². The lowest BCUT2D eigenvalue weighted by Crippen LogP contribution is -2.52. The third-order valence-corrected chi connectivity index (χ3v) is 8.52. The van der Waals surface area contributed by atoms with Gasteiger partial charge in [0.25, 0.3) is 5.91 Å². The number of nitrogens with zero attached hydrogens (tertiary/aromatic N) is 4. The fourth-order valence-electron chi connectivity index (χ4n) is 6.26. The van der Waals surface area contributed by atoms with Crippen LogP contribution in [0.3, 0.4) is 0 Å². The van der Waals surface area contributed by atoms with E-state index < -0.39 is 11.9 Å². The van der Waals surface area contributed by atoms with Crippen molar-refractivity contribution in [2.45, 2.75) is 57.3 Å². The number of likely N-dealkylation sites (tertiary alicyclic amines) is 1. The minimum atomic E-state index is -0.630. The lowest BCUT2D eigenvalue weighted by atomic mass is 10.0. The van der Waals surface area contributed by atoms with Crippen molar-refractivity contribution >= 4 is 28.6 Å². The summed E-state index contributed by atoms with van der Waals surface area (Å²) < 4.78 is 12.3. The van der Waals surface area contributed by atoms with E-state index in [1.54, 1.807) is 23.4 Å². The van der Waals surface area contributed by atoms with E-state index in [0.717, 1.165) is 53.7 Å². The fraction of sp³-hybridized carbons (Fsp3) is 0.344. The van der Waals surface area contributed by atoms with Crippen molar-refractivity contribution in [3.05, 3.63) is 77.7 Å². The number of fused-ring (bicyclic) bond motifs is 2. The summed E-state index contributed by atoms with van der Waals surface area (Å²) in [4.78, 5) is 45.1. The predicted octanol–water partition coefficient (Wildman–Crippen LogP) is 3.94. The number of imide groups is 1. The first-order valence-corrected chi connectivity index (χ1v) is 14.7. The number of benzene rings is 2. The molecular weight excluding hydrogens is 548 g/mol. The van der Waals surface area contributed by atoms with Gasteiger partial charge in [-0.3, -0.25) is 34.7 Å². The molecule has 2 atom stereocenters. The molecule has 5 heterocycles. The van der Waals surface area contributed by atoms with Crippen molar-refractivity contribution in [1.82, 2.24) is 30.3 Å². The molecule has 3 aliphatic rings. The van der Waals surface area contributed by atoms with E-state index in [1.165, 1.54) is 0 Å². The van der Waals surface area contributed by atoms with Crippen LogP contribution in [0.25, 0.3) is 10.9 Å². The molecule has 2 fully saturated rings. The van der Waals surface area contributed by atoms with E-state index in [1.807, 2.05) is 42.5 Å². The van der Waals surface area contributed by atoms with Crippen LogP contribution in [-0.4, -0.2) is 67.9 Å². The molecule has 11 nitrogen and oxygen atoms in total. The van der Waals surface area contributed by atoms with Gasteiger partial charge in [-0.25, -0.2) is 0 Å². The van der Waals surface area contributed by atoms with Crippen molar-refractivity contribution in [3.8, 4) is 17.2 Å². The van der Waals surface area contributed by atoms with Crippen molar-refractivity contribution in [2.75, 3.05) is 13.2 Å². The summed E-state index contributed by atoms with van der Waals surface area (Å²) in [6.07, 6.45) is 7.26. The Labute approximate surface area is 248 Å². The Morgan fingerprint density at radius 2 is 1.88 bits per heavy atom. The topological polar surface area (TPSA) is 130 Å². The van der Waals surface area contributed by atoms with Crippen LogP contribution in [0.1, 0.15) is 53.7 Å². The van der Waals surface area contributed by atoms with Gasteiger partial charge in [-0.1, -0.05) is 6.42 Å². The number of aromatic amines is 1. The molecule has 3 aliphatic heterocycles. The molecular formula is C32H32N6O5. The van der Waals surface area contributed by atoms with Crippen molar-refractivity contribution in [2.24, 2.45) is 0 Å². The number of amides is 3. The van der Waals surface area contributed by atoms with Crippen molar-refractivity contribution in [3.63, 3.8) is 0 Å². The summed E-state index contributed by atoms with van der Waals surface area (Å²) in [6.45, 7) is 2.51. The third-order valence-electron chi connectivity index (χ3n) is 8.52. The van der Waals surface area contributed by atoms with Gasteiger partial charge in [-0.15, -0.1) is 0 Å². The second-order valence-corrected chi connectivity index (χ2v) is 11.3. The Hall–Kier alpha value is -4.77. The number of piperidine rings is 2. The summed E-state index contributed by atoms with van der Waals surface area (Å²) in [6, 6.07) is 14.7. The van der Waals surface area contributed by atoms with E-state index in [4.69, 9.17) is 9.47 Å². The second kappa shape index (κ2) is 11.5. The van der Waals surface area contributed by atoms with Gasteiger partial charge in [0.1, 0.15) is 29.9 Å². The van der Waals surface area contributed by atoms with Gasteiger partial charge in [0.15, 0.2) is 0 Å². The molecule has 3 amide bonds. The van der Waals surface area contributed by atoms with Crippen molar-refractivity contribution < 1.29 is 23.9 Å². The van der Waals surface area contributed by atoms with E-state index in [0.29, 0.717) is 43.2 Å². The molecule has 0 radical (unpaired) electrons. The van der Waals surface area contributed by atoms with Crippen LogP contribution in [0.4, 0.5) is 0 Å². The maximum atomic E-state index is 13.0. The van der Waals surface area contributed by atoms with Gasteiger partial charge >= 0.3 is 0 Å². The molecule has 2 aromatic heterocycles. The highest BCUT2D eigenvalue weighted by Crippen LogP contribution is 2.31. The highest BCUT2D eigenvalue weighted by Gasteiger charge is 2.39. The molecule has 1 unspecified atom stereocenters. The van der Waals surface area contributed by atoms with Gasteiger partial charge in [-0.2, -0.15) is 5.10 Å². The van der Waals surface area contributed by atoms with Gasteiger partial charge in [-0.05, 0) is 79.9 Å². The molecule has 2 aromatic carbocycles. The SMILES string of the molecule is O=C1CCC(N2Cc3cc(OC[C@@H]4CCCCN4Cc4[nH]nc5ccc(Oc6cccnc6)cc45)ccc3C2=O)C(=O)N1. The molecule has 2 saturated heterocycles. The summed E-state index contributed by atoms with van der Waals surface area (Å²) in [7, 11) is 0. The molecule has 220 valence electrons. The minimum Gasteiger partial charge on any atom is -0.492 e. The van der Waals surface area contributed by atoms with Crippen LogP contribution in [0, 0.1) is 0 Å². The number of nitrogens with one attached hydrogen (secondary N) is 2. The standard InChI is InChI=1S/C32H32N6O5/c39-30-11-10-29(31(40)34-30)38-17-20-14-22(6-8-25(20)32(38)41)42-19-21-4-1-2-13-37(21)18-28-26-15-23(7-9-27(26)35-36-28)43-24-5-3-12-33-16-24/h3,5-9,12,14-16,21,29H,1-2,4,10-11,13,17-19H2,(H,35,36)(H,34,39,40)/t21-,29?/m0/s1. The number of hydrogen-bond donors (Lipinski definition) is 2. The normalized spacial score (nSPS) is 20.7. The summed E-state index contributed by atoms with van der Waals surface area (Å²) >= 11 is 0. The molecule has 0 bridgehead atoms. The number of aromatic nitrogens is 3. The molecule has 2 N–H and O–H groups in total. The minimum absolute atomic E-state index is 0.185. The van der Waals surface area contributed by atoms with Crippen molar-refractivity contribution in [1.29, 1.82) is 0 Å². The summed E-state index contributed by atoms with van der Waals surface area (Å²) in [5.41, 5.74) is 3.33. The van der Waals surface area contributed by atoms with Crippen LogP contribution in [0.15, 0.2) is 60.9 Å². The first-order chi connectivity index (χ1) is 21.0. The number of carbonyl (C=O) groups is 3. The maximum Gasteiger partial charge on any atom is 0.255 e. The Morgan fingerprint density at radius 1 is 0.977 bits per heavy atom. The molecule has 43 heavy (non-hydrogen) atoms. The molecule has 11 heteroatoms. The van der Waals surface area contributed by atoms with Crippen LogP contribution in [0.2, 0.25) is 0 Å². The van der Waals surface area contributed by atoms with Crippen LogP contribution >= 0.6 is 0 Å². The third kappa shape index (κ3) is 5.55. The van der Waals surface area contributed by atoms with E-state index in [9.17, 15) is 14.4 Å². The van der Waals surface area contributed by atoms with Gasteiger partial charge in [0.2, 0.25) is 11.8 Å². The smallest absolute Gasteiger partial charge is 0.255 e. The van der Waals surface area contributed by atoms with Gasteiger partial charge < -0.3 is 14.4 Å². The monoisotopic (exact) mass is 580 g/mol. The van der Waals surface area contributed by atoms with Gasteiger partial charge in [0, 0.05) is 42.7 Å².